The van der Waals surface area contributed by atoms with Crippen LogP contribution in [0.1, 0.15) is 42.5 Å². The van der Waals surface area contributed by atoms with Gasteiger partial charge in [0, 0.05) is 29.1 Å². The zero-order valence-electron chi connectivity index (χ0n) is 11.7. The summed E-state index contributed by atoms with van der Waals surface area (Å²) in [5.74, 6) is 1.67. The fourth-order valence-corrected chi connectivity index (χ4v) is 3.07. The molecule has 3 heteroatoms. The lowest BCUT2D eigenvalue weighted by Crippen LogP contribution is -2.29. The van der Waals surface area contributed by atoms with Crippen molar-refractivity contribution in [2.45, 2.75) is 52.0 Å². The lowest BCUT2D eigenvalue weighted by atomic mass is 9.83. The molecule has 1 heterocycles. The van der Waals surface area contributed by atoms with Crippen LogP contribution in [0.25, 0.3) is 0 Å². The van der Waals surface area contributed by atoms with E-state index in [2.05, 4.69) is 11.9 Å². The topological polar surface area (TPSA) is 48.1 Å². The minimum atomic E-state index is 0.386. The quantitative estimate of drug-likeness (QED) is 0.894. The Balaban J connectivity index is 2.14. The van der Waals surface area contributed by atoms with Crippen LogP contribution in [-0.2, 0) is 6.42 Å². The van der Waals surface area contributed by atoms with Gasteiger partial charge in [-0.2, -0.15) is 0 Å². The molecule has 3 nitrogen and oxygen atoms in total. The molecule has 0 aromatic carbocycles. The number of nitrogens with zero attached hydrogens (tertiary/aromatic N) is 1. The van der Waals surface area contributed by atoms with Crippen LogP contribution in [0.5, 0.6) is 5.75 Å². The Morgan fingerprint density at radius 3 is 2.83 bits per heavy atom. The van der Waals surface area contributed by atoms with Crippen LogP contribution >= 0.6 is 0 Å². The number of methoxy groups -OCH3 is 1. The second-order valence-electron chi connectivity index (χ2n) is 5.54. The van der Waals surface area contributed by atoms with Gasteiger partial charge in [-0.15, -0.1) is 0 Å². The normalized spacial score (nSPS) is 24.0. The van der Waals surface area contributed by atoms with E-state index in [4.69, 9.17) is 10.5 Å². The molecule has 2 N–H and O–H groups in total. The summed E-state index contributed by atoms with van der Waals surface area (Å²) >= 11 is 0. The molecule has 1 aromatic heterocycles. The highest BCUT2D eigenvalue weighted by atomic mass is 16.5. The van der Waals surface area contributed by atoms with Crippen LogP contribution in [0.3, 0.4) is 0 Å². The van der Waals surface area contributed by atoms with Crippen molar-refractivity contribution in [3.63, 3.8) is 0 Å². The molecule has 0 bridgehead atoms. The molecule has 1 aromatic rings. The predicted octanol–water partition coefficient (Wildman–Crippen LogP) is 2.77. The standard InChI is InChI=1S/C15H24N2O/c1-10-9-17-14(11(2)15(10)18-3)8-12-5-4-6-13(16)7-12/h9,12-13H,4-8,16H2,1-3H3. The van der Waals surface area contributed by atoms with E-state index in [-0.39, 0.29) is 0 Å². The molecule has 1 fully saturated rings. The fourth-order valence-electron chi connectivity index (χ4n) is 3.07. The minimum Gasteiger partial charge on any atom is -0.496 e. The van der Waals surface area contributed by atoms with Crippen LogP contribution in [0, 0.1) is 19.8 Å². The number of hydrogen-bond donors (Lipinski definition) is 1. The number of aromatic nitrogens is 1. The van der Waals surface area contributed by atoms with E-state index in [0.717, 1.165) is 24.2 Å². The molecule has 1 saturated carbocycles. The Hall–Kier alpha value is -1.09. The molecule has 100 valence electrons. The molecule has 0 spiro atoms. The third-order valence-corrected chi connectivity index (χ3v) is 4.06. The summed E-state index contributed by atoms with van der Waals surface area (Å²) in [4.78, 5) is 4.58. The van der Waals surface area contributed by atoms with Crippen molar-refractivity contribution in [3.05, 3.63) is 23.0 Å². The van der Waals surface area contributed by atoms with Crippen LogP contribution in [0.4, 0.5) is 0 Å². The van der Waals surface area contributed by atoms with Crippen molar-refractivity contribution in [2.75, 3.05) is 7.11 Å². The molecule has 0 amide bonds. The maximum Gasteiger partial charge on any atom is 0.128 e. The Bertz CT molecular complexity index is 417. The summed E-state index contributed by atoms with van der Waals surface area (Å²) in [6.45, 7) is 4.15. The van der Waals surface area contributed by atoms with Gasteiger partial charge in [0.2, 0.25) is 0 Å². The average molecular weight is 248 g/mol. The van der Waals surface area contributed by atoms with Gasteiger partial charge >= 0.3 is 0 Å². The first kappa shape index (κ1) is 13.3. The van der Waals surface area contributed by atoms with Crippen molar-refractivity contribution < 1.29 is 4.74 Å². The molecule has 2 atom stereocenters. The van der Waals surface area contributed by atoms with E-state index in [1.165, 1.54) is 30.5 Å². The summed E-state index contributed by atoms with van der Waals surface area (Å²) in [5.41, 5.74) is 9.53. The third-order valence-electron chi connectivity index (χ3n) is 4.06. The smallest absolute Gasteiger partial charge is 0.128 e. The molecular formula is C15H24N2O. The summed E-state index contributed by atoms with van der Waals surface area (Å²) in [6.07, 6.45) is 7.82. The lowest BCUT2D eigenvalue weighted by molar-refractivity contribution is 0.318. The minimum absolute atomic E-state index is 0.386. The molecule has 0 aliphatic heterocycles. The van der Waals surface area contributed by atoms with Crippen molar-refractivity contribution in [1.29, 1.82) is 0 Å². The number of rotatable bonds is 3. The Morgan fingerprint density at radius 2 is 2.17 bits per heavy atom. The van der Waals surface area contributed by atoms with E-state index in [0.29, 0.717) is 12.0 Å². The van der Waals surface area contributed by atoms with Gasteiger partial charge in [-0.1, -0.05) is 6.42 Å². The third kappa shape index (κ3) is 2.83. The van der Waals surface area contributed by atoms with E-state index in [9.17, 15) is 0 Å². The lowest BCUT2D eigenvalue weighted by Gasteiger charge is -2.27. The predicted molar refractivity (Wildman–Crippen MR) is 73.9 cm³/mol. The van der Waals surface area contributed by atoms with Crippen molar-refractivity contribution >= 4 is 0 Å². The zero-order chi connectivity index (χ0) is 13.1. The summed E-state index contributed by atoms with van der Waals surface area (Å²) < 4.78 is 5.46. The number of hydrogen-bond acceptors (Lipinski definition) is 3. The first-order chi connectivity index (χ1) is 8.61. The molecule has 1 aliphatic carbocycles. The van der Waals surface area contributed by atoms with Crippen LogP contribution in [0.15, 0.2) is 6.20 Å². The van der Waals surface area contributed by atoms with Crippen LogP contribution in [-0.4, -0.2) is 18.1 Å². The second kappa shape index (κ2) is 5.70. The highest BCUT2D eigenvalue weighted by molar-refractivity contribution is 5.41. The summed E-state index contributed by atoms with van der Waals surface area (Å²) in [6, 6.07) is 0.386. The summed E-state index contributed by atoms with van der Waals surface area (Å²) in [7, 11) is 1.73. The average Bonchev–Trinajstić information content (AvgIpc) is 2.34. The van der Waals surface area contributed by atoms with Gasteiger partial charge in [-0.25, -0.2) is 0 Å². The Labute approximate surface area is 110 Å². The number of aryl methyl sites for hydroxylation is 1. The molecule has 18 heavy (non-hydrogen) atoms. The number of nitrogens with two attached hydrogens (primary N) is 1. The molecule has 1 aliphatic rings. The Kier molecular flexibility index (Phi) is 4.23. The van der Waals surface area contributed by atoms with E-state index in [1.54, 1.807) is 7.11 Å². The first-order valence-electron chi connectivity index (χ1n) is 6.86. The van der Waals surface area contributed by atoms with Gasteiger partial charge in [0.25, 0.3) is 0 Å². The van der Waals surface area contributed by atoms with Crippen molar-refractivity contribution in [3.8, 4) is 5.75 Å². The van der Waals surface area contributed by atoms with Gasteiger partial charge in [0.15, 0.2) is 0 Å². The van der Waals surface area contributed by atoms with E-state index in [1.807, 2.05) is 13.1 Å². The fraction of sp³-hybridized carbons (Fsp3) is 0.667. The van der Waals surface area contributed by atoms with Crippen molar-refractivity contribution in [2.24, 2.45) is 11.7 Å². The summed E-state index contributed by atoms with van der Waals surface area (Å²) in [5, 5.41) is 0. The maximum absolute atomic E-state index is 6.05. The second-order valence-corrected chi connectivity index (χ2v) is 5.54. The van der Waals surface area contributed by atoms with Gasteiger partial charge < -0.3 is 10.5 Å². The molecule has 2 unspecified atom stereocenters. The van der Waals surface area contributed by atoms with Gasteiger partial charge in [-0.05, 0) is 45.4 Å². The molecule has 0 saturated heterocycles. The van der Waals surface area contributed by atoms with E-state index >= 15 is 0 Å². The first-order valence-corrected chi connectivity index (χ1v) is 6.86. The van der Waals surface area contributed by atoms with Crippen LogP contribution in [0.2, 0.25) is 0 Å². The van der Waals surface area contributed by atoms with E-state index < -0.39 is 0 Å². The number of pyridine rings is 1. The van der Waals surface area contributed by atoms with Crippen LogP contribution < -0.4 is 10.5 Å². The number of ether oxygens (including phenoxy) is 1. The van der Waals surface area contributed by atoms with Gasteiger partial charge in [0.05, 0.1) is 7.11 Å². The highest BCUT2D eigenvalue weighted by Gasteiger charge is 2.21. The van der Waals surface area contributed by atoms with Gasteiger partial charge in [0.1, 0.15) is 5.75 Å². The molecule has 2 rings (SSSR count). The van der Waals surface area contributed by atoms with Gasteiger partial charge in [-0.3, -0.25) is 4.98 Å². The van der Waals surface area contributed by atoms with Crippen molar-refractivity contribution in [1.82, 2.24) is 4.98 Å². The largest absolute Gasteiger partial charge is 0.496 e. The highest BCUT2D eigenvalue weighted by Crippen LogP contribution is 2.30. The SMILES string of the molecule is COc1c(C)cnc(CC2CCCC(N)C2)c1C. The maximum atomic E-state index is 6.05. The zero-order valence-corrected chi connectivity index (χ0v) is 11.7. The molecular weight excluding hydrogens is 224 g/mol. The molecule has 0 radical (unpaired) electrons. The monoisotopic (exact) mass is 248 g/mol. The Morgan fingerprint density at radius 1 is 1.39 bits per heavy atom.